The van der Waals surface area contributed by atoms with Crippen molar-refractivity contribution in [3.63, 3.8) is 0 Å². The molecule has 2 aromatic carbocycles. The molecule has 2 bridgehead atoms. The minimum absolute atomic E-state index is 0.0542. The Labute approximate surface area is 260 Å². The molecule has 0 spiro atoms. The summed E-state index contributed by atoms with van der Waals surface area (Å²) in [7, 11) is 0. The molecule has 0 amide bonds. The molecule has 3 N–H and O–H groups in total. The van der Waals surface area contributed by atoms with E-state index in [1.54, 1.807) is 0 Å². The van der Waals surface area contributed by atoms with Crippen LogP contribution in [-0.2, 0) is 0 Å². The largest absolute Gasteiger partial charge is 0.461 e. The normalized spacial score (nSPS) is 26.6. The van der Waals surface area contributed by atoms with E-state index in [1.165, 1.54) is 12.1 Å². The highest BCUT2D eigenvalue weighted by atomic mass is 32.1. The zero-order valence-corrected chi connectivity index (χ0v) is 25.5. The number of nitrogen functional groups attached to an aromatic ring is 1. The van der Waals surface area contributed by atoms with E-state index in [0.717, 1.165) is 43.6 Å². The number of aryl methyl sites for hydroxylation is 1. The molecule has 234 valence electrons. The molecule has 4 aliphatic rings. The number of benzene rings is 2. The smallest absolute Gasteiger partial charge is 0.319 e. The number of piperazine rings is 1. The van der Waals surface area contributed by atoms with Crippen molar-refractivity contribution >= 4 is 54.4 Å². The SMILES string of the molecule is Cc1cc2c(o1)c(-c1ccc(F)c3sc(N)nc13)c(F)c1nc(OC[C@@]34CCCN3C[C@H](F)C4)nc(N3C[C@H]4CC[C@@H](C3)N4)c12. The summed E-state index contributed by atoms with van der Waals surface area (Å²) in [6, 6.07) is 5.33. The molecule has 0 unspecified atom stereocenters. The third-order valence-corrected chi connectivity index (χ3v) is 11.1. The van der Waals surface area contributed by atoms with E-state index in [-0.39, 0.29) is 39.0 Å². The molecule has 13 heteroatoms. The number of nitrogens with two attached hydrogens (primary N) is 1. The highest BCUT2D eigenvalue weighted by Crippen LogP contribution is 2.46. The Kier molecular flexibility index (Phi) is 6.08. The van der Waals surface area contributed by atoms with Gasteiger partial charge in [0.25, 0.3) is 0 Å². The summed E-state index contributed by atoms with van der Waals surface area (Å²) in [5.74, 6) is 0.0569. The lowest BCUT2D eigenvalue weighted by atomic mass is 9.95. The number of thiazole rings is 1. The van der Waals surface area contributed by atoms with Gasteiger partial charge in [0.05, 0.1) is 26.7 Å². The first-order chi connectivity index (χ1) is 21.8. The number of furan rings is 1. The van der Waals surface area contributed by atoms with E-state index >= 15 is 4.39 Å². The molecule has 0 radical (unpaired) electrons. The van der Waals surface area contributed by atoms with Crippen LogP contribution in [0.1, 0.15) is 37.9 Å². The molecule has 4 saturated heterocycles. The van der Waals surface area contributed by atoms with Crippen LogP contribution in [0.5, 0.6) is 6.01 Å². The topological polar surface area (TPSA) is 106 Å². The van der Waals surface area contributed by atoms with E-state index in [1.807, 2.05) is 13.0 Å². The standard InChI is InChI=1S/C32H32F3N7O2S/c1-15-9-20-23-26(24(35)22(27(20)44-15)19-5-6-21(34)28-25(19)38-30(36)45-28)39-31(40-29(23)41-12-17-3-4-18(13-41)37-17)43-14-32-7-2-8-42(32)11-16(33)10-32/h5-6,9,16-18,37H,2-4,7-8,10-14H2,1H3,(H2,36,38)/t16-,17-,18+,32+/m1/s1. The molecule has 0 aliphatic carbocycles. The second-order valence-electron chi connectivity index (χ2n) is 13.1. The molecule has 0 saturated carbocycles. The molecule has 4 atom stereocenters. The predicted molar refractivity (Wildman–Crippen MR) is 168 cm³/mol. The number of halogens is 3. The van der Waals surface area contributed by atoms with Crippen LogP contribution in [0.4, 0.5) is 24.1 Å². The number of nitrogens with zero attached hydrogens (tertiary/aromatic N) is 5. The van der Waals surface area contributed by atoms with Gasteiger partial charge in [0.2, 0.25) is 0 Å². The summed E-state index contributed by atoms with van der Waals surface area (Å²) in [6.45, 7) is 4.69. The van der Waals surface area contributed by atoms with Crippen molar-refractivity contribution in [2.45, 2.75) is 62.8 Å². The first-order valence-electron chi connectivity index (χ1n) is 15.6. The van der Waals surface area contributed by atoms with Crippen molar-refractivity contribution in [2.75, 3.05) is 43.4 Å². The van der Waals surface area contributed by atoms with Gasteiger partial charge in [0, 0.05) is 49.1 Å². The minimum atomic E-state index is -0.900. The summed E-state index contributed by atoms with van der Waals surface area (Å²) >= 11 is 1.01. The van der Waals surface area contributed by atoms with E-state index in [0.29, 0.717) is 71.6 Å². The monoisotopic (exact) mass is 635 g/mol. The summed E-state index contributed by atoms with van der Waals surface area (Å²) in [4.78, 5) is 18.4. The Balaban J connectivity index is 1.26. The summed E-state index contributed by atoms with van der Waals surface area (Å²) in [5, 5.41) is 5.03. The maximum Gasteiger partial charge on any atom is 0.319 e. The van der Waals surface area contributed by atoms with Gasteiger partial charge in [-0.2, -0.15) is 9.97 Å². The zero-order valence-electron chi connectivity index (χ0n) is 24.7. The van der Waals surface area contributed by atoms with Crippen LogP contribution in [0.3, 0.4) is 0 Å². The molecule has 3 aromatic heterocycles. The first-order valence-corrected chi connectivity index (χ1v) is 16.4. The van der Waals surface area contributed by atoms with Crippen molar-refractivity contribution in [2.24, 2.45) is 0 Å². The molecule has 7 heterocycles. The molecular weight excluding hydrogens is 603 g/mol. The Hall–Kier alpha value is -3.68. The number of nitrogens with one attached hydrogen (secondary N) is 1. The van der Waals surface area contributed by atoms with Gasteiger partial charge in [-0.1, -0.05) is 11.3 Å². The summed E-state index contributed by atoms with van der Waals surface area (Å²) in [5.41, 5.74) is 6.72. The van der Waals surface area contributed by atoms with Gasteiger partial charge in [0.1, 0.15) is 41.3 Å². The number of alkyl halides is 1. The number of rotatable bonds is 5. The van der Waals surface area contributed by atoms with Gasteiger partial charge in [0.15, 0.2) is 10.9 Å². The van der Waals surface area contributed by atoms with Crippen molar-refractivity contribution < 1.29 is 22.3 Å². The van der Waals surface area contributed by atoms with E-state index in [2.05, 4.69) is 20.1 Å². The molecule has 4 fully saturated rings. The Morgan fingerprint density at radius 3 is 2.78 bits per heavy atom. The molecular formula is C32H32F3N7O2S. The number of aromatic nitrogens is 3. The number of ether oxygens (including phenoxy) is 1. The van der Waals surface area contributed by atoms with Crippen molar-refractivity contribution in [3.05, 3.63) is 35.6 Å². The lowest BCUT2D eigenvalue weighted by Crippen LogP contribution is -2.51. The quantitative estimate of drug-likeness (QED) is 0.251. The predicted octanol–water partition coefficient (Wildman–Crippen LogP) is 5.72. The number of hydrogen-bond acceptors (Lipinski definition) is 10. The second kappa shape index (κ2) is 9.91. The van der Waals surface area contributed by atoms with Gasteiger partial charge in [-0.25, -0.2) is 18.2 Å². The average molecular weight is 636 g/mol. The third kappa shape index (κ3) is 4.23. The molecule has 5 aromatic rings. The highest BCUT2D eigenvalue weighted by Gasteiger charge is 2.49. The Morgan fingerprint density at radius 2 is 1.96 bits per heavy atom. The van der Waals surface area contributed by atoms with Crippen molar-refractivity contribution in [1.29, 1.82) is 0 Å². The number of hydrogen-bond donors (Lipinski definition) is 2. The van der Waals surface area contributed by atoms with Crippen LogP contribution in [0, 0.1) is 18.6 Å². The van der Waals surface area contributed by atoms with E-state index in [4.69, 9.17) is 24.9 Å². The number of fused-ring (bicyclic) bond motifs is 7. The molecule has 45 heavy (non-hydrogen) atoms. The fourth-order valence-electron chi connectivity index (χ4n) is 8.28. The van der Waals surface area contributed by atoms with Crippen LogP contribution >= 0.6 is 11.3 Å². The van der Waals surface area contributed by atoms with Crippen LogP contribution in [0.2, 0.25) is 0 Å². The summed E-state index contributed by atoms with van der Waals surface area (Å²) < 4.78 is 59.2. The van der Waals surface area contributed by atoms with Gasteiger partial charge < -0.3 is 25.1 Å². The summed E-state index contributed by atoms with van der Waals surface area (Å²) in [6.07, 6.45) is 3.44. The molecule has 4 aliphatic heterocycles. The van der Waals surface area contributed by atoms with Crippen molar-refractivity contribution in [3.8, 4) is 17.1 Å². The lowest BCUT2D eigenvalue weighted by molar-refractivity contribution is 0.107. The minimum Gasteiger partial charge on any atom is -0.461 e. The van der Waals surface area contributed by atoms with Crippen LogP contribution in [0.15, 0.2) is 22.6 Å². The maximum absolute atomic E-state index is 17.2. The van der Waals surface area contributed by atoms with E-state index in [9.17, 15) is 8.78 Å². The zero-order chi connectivity index (χ0) is 30.6. The lowest BCUT2D eigenvalue weighted by Gasteiger charge is -2.35. The average Bonchev–Trinajstić information content (AvgIpc) is 3.82. The third-order valence-electron chi connectivity index (χ3n) is 10.2. The van der Waals surface area contributed by atoms with Crippen LogP contribution in [0.25, 0.3) is 43.2 Å². The van der Waals surface area contributed by atoms with E-state index < -0.39 is 23.3 Å². The highest BCUT2D eigenvalue weighted by molar-refractivity contribution is 7.22. The fourth-order valence-corrected chi connectivity index (χ4v) is 9.05. The van der Waals surface area contributed by atoms with Gasteiger partial charge in [-0.15, -0.1) is 0 Å². The van der Waals surface area contributed by atoms with Crippen molar-refractivity contribution in [1.82, 2.24) is 25.2 Å². The van der Waals surface area contributed by atoms with Crippen LogP contribution in [-0.4, -0.2) is 76.4 Å². The molecule has 9 nitrogen and oxygen atoms in total. The maximum atomic E-state index is 17.2. The Bertz CT molecular complexity index is 2000. The second-order valence-corrected chi connectivity index (χ2v) is 14.1. The molecule has 9 rings (SSSR count). The number of anilines is 2. The van der Waals surface area contributed by atoms with Gasteiger partial charge >= 0.3 is 6.01 Å². The Morgan fingerprint density at radius 1 is 1.13 bits per heavy atom. The van der Waals surface area contributed by atoms with Gasteiger partial charge in [-0.05, 0) is 57.4 Å². The first kappa shape index (κ1) is 27.6. The van der Waals surface area contributed by atoms with Gasteiger partial charge in [-0.3, -0.25) is 4.90 Å². The van der Waals surface area contributed by atoms with Crippen LogP contribution < -0.4 is 20.7 Å². The fraction of sp³-hybridized carbons (Fsp3) is 0.469.